The van der Waals surface area contributed by atoms with Crippen LogP contribution >= 0.6 is 0 Å². The number of piperidine rings is 1. The topological polar surface area (TPSA) is 39.1 Å². The normalized spacial score (nSPS) is 20.2. The van der Waals surface area contributed by atoms with Crippen molar-refractivity contribution in [2.45, 2.75) is 58.2 Å². The average Bonchev–Trinajstić information content (AvgIpc) is 2.46. The fraction of sp³-hybridized carbons (Fsp3) is 0.611. The van der Waals surface area contributed by atoms with E-state index in [1.165, 1.54) is 24.8 Å². The Morgan fingerprint density at radius 3 is 2.86 bits per heavy atom. The first-order chi connectivity index (χ1) is 9.98. The van der Waals surface area contributed by atoms with E-state index in [1.807, 2.05) is 18.2 Å². The van der Waals surface area contributed by atoms with E-state index in [4.69, 9.17) is 5.26 Å². The van der Waals surface area contributed by atoms with Gasteiger partial charge in [0.15, 0.2) is 0 Å². The van der Waals surface area contributed by atoms with Crippen molar-refractivity contribution in [1.29, 1.82) is 5.26 Å². The van der Waals surface area contributed by atoms with Crippen molar-refractivity contribution in [2.75, 3.05) is 13.1 Å². The van der Waals surface area contributed by atoms with Crippen LogP contribution < -0.4 is 5.32 Å². The summed E-state index contributed by atoms with van der Waals surface area (Å²) in [5, 5.41) is 12.7. The summed E-state index contributed by atoms with van der Waals surface area (Å²) >= 11 is 0. The minimum absolute atomic E-state index is 0.170. The molecule has 3 nitrogen and oxygen atoms in total. The second-order valence-electron chi connectivity index (χ2n) is 7.06. The highest BCUT2D eigenvalue weighted by Gasteiger charge is 2.23. The van der Waals surface area contributed by atoms with Gasteiger partial charge in [0.25, 0.3) is 0 Å². The number of nitrogens with zero attached hydrogens (tertiary/aromatic N) is 2. The molecule has 2 rings (SSSR count). The quantitative estimate of drug-likeness (QED) is 0.922. The molecule has 1 aliphatic heterocycles. The van der Waals surface area contributed by atoms with Gasteiger partial charge in [-0.2, -0.15) is 5.26 Å². The lowest BCUT2D eigenvalue weighted by Gasteiger charge is -2.37. The molecular formula is C18H27N3. The predicted molar refractivity (Wildman–Crippen MR) is 87.0 cm³/mol. The summed E-state index contributed by atoms with van der Waals surface area (Å²) in [6.45, 7) is 9.81. The van der Waals surface area contributed by atoms with Crippen LogP contribution in [0.3, 0.4) is 0 Å². The van der Waals surface area contributed by atoms with Crippen LogP contribution in [0.5, 0.6) is 0 Å². The van der Waals surface area contributed by atoms with Gasteiger partial charge in [0.2, 0.25) is 0 Å². The van der Waals surface area contributed by atoms with Crippen LogP contribution in [-0.2, 0) is 6.54 Å². The molecule has 1 N–H and O–H groups in total. The standard InChI is InChI=1S/C18H27N3/c1-18(2,3)20-13-17-9-4-5-10-21(17)14-16-8-6-7-15(11-16)12-19/h6-8,11,17,20H,4-5,9-10,13-14H2,1-3H3. The fourth-order valence-corrected chi connectivity index (χ4v) is 2.90. The molecule has 1 unspecified atom stereocenters. The van der Waals surface area contributed by atoms with Gasteiger partial charge in [-0.25, -0.2) is 0 Å². The number of likely N-dealkylation sites (tertiary alicyclic amines) is 1. The zero-order valence-corrected chi connectivity index (χ0v) is 13.5. The third-order valence-electron chi connectivity index (χ3n) is 4.06. The third-order valence-corrected chi connectivity index (χ3v) is 4.06. The summed E-state index contributed by atoms with van der Waals surface area (Å²) < 4.78 is 0. The van der Waals surface area contributed by atoms with Crippen molar-refractivity contribution < 1.29 is 0 Å². The molecular weight excluding hydrogens is 258 g/mol. The van der Waals surface area contributed by atoms with Crippen molar-refractivity contribution in [3.63, 3.8) is 0 Å². The van der Waals surface area contributed by atoms with Crippen molar-refractivity contribution in [3.05, 3.63) is 35.4 Å². The first-order valence-electron chi connectivity index (χ1n) is 7.96. The molecule has 3 heteroatoms. The smallest absolute Gasteiger partial charge is 0.0991 e. The zero-order valence-electron chi connectivity index (χ0n) is 13.5. The lowest BCUT2D eigenvalue weighted by atomic mass is 9.99. The monoisotopic (exact) mass is 285 g/mol. The molecule has 0 bridgehead atoms. The first kappa shape index (κ1) is 16.0. The summed E-state index contributed by atoms with van der Waals surface area (Å²) in [7, 11) is 0. The van der Waals surface area contributed by atoms with Crippen LogP contribution in [0.1, 0.15) is 51.2 Å². The van der Waals surface area contributed by atoms with E-state index in [9.17, 15) is 0 Å². The molecule has 114 valence electrons. The molecule has 1 atom stereocenters. The van der Waals surface area contributed by atoms with E-state index in [0.29, 0.717) is 6.04 Å². The summed E-state index contributed by atoms with van der Waals surface area (Å²) in [5.74, 6) is 0. The van der Waals surface area contributed by atoms with Crippen molar-refractivity contribution in [3.8, 4) is 6.07 Å². The van der Waals surface area contributed by atoms with E-state index >= 15 is 0 Å². The van der Waals surface area contributed by atoms with Crippen molar-refractivity contribution in [2.24, 2.45) is 0 Å². The first-order valence-corrected chi connectivity index (χ1v) is 7.96. The summed E-state index contributed by atoms with van der Waals surface area (Å²) in [4.78, 5) is 2.57. The molecule has 1 fully saturated rings. The van der Waals surface area contributed by atoms with Gasteiger partial charge in [0, 0.05) is 24.7 Å². The Hall–Kier alpha value is -1.37. The van der Waals surface area contributed by atoms with Crippen LogP contribution in [-0.4, -0.2) is 29.6 Å². The van der Waals surface area contributed by atoms with Crippen LogP contribution in [0, 0.1) is 11.3 Å². The Morgan fingerprint density at radius 1 is 1.33 bits per heavy atom. The molecule has 1 aliphatic rings. The van der Waals surface area contributed by atoms with Gasteiger partial charge in [-0.15, -0.1) is 0 Å². The molecule has 0 aromatic heterocycles. The van der Waals surface area contributed by atoms with Crippen LogP contribution in [0.2, 0.25) is 0 Å². The molecule has 1 saturated heterocycles. The SMILES string of the molecule is CC(C)(C)NCC1CCCCN1Cc1cccc(C#N)c1. The highest BCUT2D eigenvalue weighted by atomic mass is 15.2. The van der Waals surface area contributed by atoms with E-state index in [0.717, 1.165) is 25.2 Å². The Morgan fingerprint density at radius 2 is 2.14 bits per heavy atom. The number of nitrogens with one attached hydrogen (secondary N) is 1. The lowest BCUT2D eigenvalue weighted by Crippen LogP contribution is -2.49. The maximum Gasteiger partial charge on any atom is 0.0991 e. The Balaban J connectivity index is 1.99. The molecule has 1 aromatic rings. The molecule has 1 heterocycles. The number of hydrogen-bond acceptors (Lipinski definition) is 3. The minimum atomic E-state index is 0.170. The molecule has 0 radical (unpaired) electrons. The molecule has 0 aliphatic carbocycles. The highest BCUT2D eigenvalue weighted by Crippen LogP contribution is 2.20. The minimum Gasteiger partial charge on any atom is -0.311 e. The highest BCUT2D eigenvalue weighted by molar-refractivity contribution is 5.32. The van der Waals surface area contributed by atoms with Gasteiger partial charge in [-0.1, -0.05) is 18.6 Å². The van der Waals surface area contributed by atoms with Crippen LogP contribution in [0.25, 0.3) is 0 Å². The van der Waals surface area contributed by atoms with E-state index in [1.54, 1.807) is 0 Å². The van der Waals surface area contributed by atoms with Crippen LogP contribution in [0.4, 0.5) is 0 Å². The van der Waals surface area contributed by atoms with E-state index < -0.39 is 0 Å². The van der Waals surface area contributed by atoms with E-state index in [2.05, 4.69) is 43.1 Å². The summed E-state index contributed by atoms with van der Waals surface area (Å²) in [6.07, 6.45) is 3.87. The number of hydrogen-bond donors (Lipinski definition) is 1. The fourth-order valence-electron chi connectivity index (χ4n) is 2.90. The number of nitriles is 1. The lowest BCUT2D eigenvalue weighted by molar-refractivity contribution is 0.131. The number of benzene rings is 1. The third kappa shape index (κ3) is 5.15. The van der Waals surface area contributed by atoms with Crippen LogP contribution in [0.15, 0.2) is 24.3 Å². The molecule has 0 amide bonds. The summed E-state index contributed by atoms with van der Waals surface area (Å²) in [5.41, 5.74) is 2.18. The van der Waals surface area contributed by atoms with Gasteiger partial charge >= 0.3 is 0 Å². The summed E-state index contributed by atoms with van der Waals surface area (Å²) in [6, 6.07) is 10.8. The largest absolute Gasteiger partial charge is 0.311 e. The Bertz CT molecular complexity index is 496. The Labute approximate surface area is 129 Å². The maximum absolute atomic E-state index is 9.02. The van der Waals surface area contributed by atoms with Gasteiger partial charge in [0.1, 0.15) is 0 Å². The second-order valence-corrected chi connectivity index (χ2v) is 7.06. The molecule has 1 aromatic carbocycles. The molecule has 0 saturated carbocycles. The Kier molecular flexibility index (Phi) is 5.39. The zero-order chi connectivity index (χ0) is 15.3. The second kappa shape index (κ2) is 7.06. The van der Waals surface area contributed by atoms with Gasteiger partial charge in [-0.3, -0.25) is 4.90 Å². The van der Waals surface area contributed by atoms with Gasteiger partial charge in [-0.05, 0) is 57.9 Å². The number of rotatable bonds is 4. The van der Waals surface area contributed by atoms with Gasteiger partial charge in [0.05, 0.1) is 11.6 Å². The van der Waals surface area contributed by atoms with Crippen molar-refractivity contribution in [1.82, 2.24) is 10.2 Å². The average molecular weight is 285 g/mol. The molecule has 21 heavy (non-hydrogen) atoms. The maximum atomic E-state index is 9.02. The predicted octanol–water partition coefficient (Wildman–Crippen LogP) is 3.30. The van der Waals surface area contributed by atoms with Gasteiger partial charge < -0.3 is 5.32 Å². The molecule has 0 spiro atoms. The van der Waals surface area contributed by atoms with E-state index in [-0.39, 0.29) is 5.54 Å². The van der Waals surface area contributed by atoms with Crippen molar-refractivity contribution >= 4 is 0 Å².